The first kappa shape index (κ1) is 55.7. The molecule has 6 heteroatoms. The topological polar surface area (TPSA) is 9.72 Å². The maximum absolute atomic E-state index is 2.90. The number of aryl methyl sites for hydroxylation is 2. The van der Waals surface area contributed by atoms with Crippen LogP contribution in [0, 0.1) is 19.8 Å². The van der Waals surface area contributed by atoms with Gasteiger partial charge in [0.1, 0.15) is 0 Å². The molecule has 9 aliphatic rings. The van der Waals surface area contributed by atoms with Crippen molar-refractivity contribution in [1.82, 2.24) is 0 Å². The lowest BCUT2D eigenvalue weighted by molar-refractivity contribution is 0.0997. The molecule has 0 N–H and O–H groups in total. The normalized spacial score (nSPS) is 27.8. The van der Waals surface area contributed by atoms with Crippen LogP contribution < -0.4 is 31.1 Å². The number of thiophene rings is 2. The molecule has 2 aromatic heterocycles. The molecule has 5 aliphatic carbocycles. The van der Waals surface area contributed by atoms with Gasteiger partial charge in [0, 0.05) is 37.6 Å². The lowest BCUT2D eigenvalue weighted by atomic mass is 9.33. The van der Waals surface area contributed by atoms with Crippen molar-refractivity contribution in [1.29, 1.82) is 0 Å². The Balaban J connectivity index is 1.08. The number of hydrogen-bond donors (Lipinski definition) is 0. The summed E-state index contributed by atoms with van der Waals surface area (Å²) in [7, 11) is 0. The van der Waals surface area contributed by atoms with E-state index in [1.807, 2.05) is 0 Å². The maximum Gasteiger partial charge on any atom is 0.256 e. The second-order valence-corrected chi connectivity index (χ2v) is 37.2. The zero-order valence-corrected chi connectivity index (χ0v) is 57.8. The SMILES string of the molecule is Cc1cc2c(cc1N1c3cc(N4c5ccccc5C5(C)CCCCC45C)cc4c3B3c5c1sc1cc6c(cc51)C(C)(C)C(CC6(C)C)C1(C)CCC(C)(C)c5cc6sc(c3c6cc51)N4c1cc3c(cc1C)C(C)(C)CCC3(C)C)C(C)(C)CCC2(C)C. The van der Waals surface area contributed by atoms with E-state index in [-0.39, 0.29) is 61.0 Å². The van der Waals surface area contributed by atoms with Gasteiger partial charge >= 0.3 is 0 Å². The van der Waals surface area contributed by atoms with Gasteiger partial charge in [-0.3, -0.25) is 0 Å². The van der Waals surface area contributed by atoms with Crippen LogP contribution in [0.5, 0.6) is 0 Å². The molecule has 448 valence electrons. The van der Waals surface area contributed by atoms with E-state index in [0.29, 0.717) is 5.92 Å². The Labute approximate surface area is 529 Å². The van der Waals surface area contributed by atoms with E-state index in [1.165, 1.54) is 184 Å². The van der Waals surface area contributed by atoms with Gasteiger partial charge < -0.3 is 14.7 Å². The fraction of sp³-hybridized carbons (Fsp3) is 0.506. The molecule has 8 aromatic rings. The van der Waals surface area contributed by atoms with Crippen molar-refractivity contribution in [2.75, 3.05) is 14.7 Å². The summed E-state index contributed by atoms with van der Waals surface area (Å²) in [6, 6.07) is 37.1. The Hall–Kier alpha value is -5.30. The van der Waals surface area contributed by atoms with Crippen LogP contribution in [-0.4, -0.2) is 12.3 Å². The average Bonchev–Trinajstić information content (AvgIpc) is 1.64. The number of rotatable bonds is 3. The minimum Gasteiger partial charge on any atom is -0.334 e. The number of nitrogens with zero attached hydrogens (tertiary/aromatic N) is 3. The van der Waals surface area contributed by atoms with E-state index in [9.17, 15) is 0 Å². The van der Waals surface area contributed by atoms with Crippen LogP contribution >= 0.6 is 22.7 Å². The minimum atomic E-state index is -0.128. The van der Waals surface area contributed by atoms with Gasteiger partial charge in [-0.15, -0.1) is 22.7 Å². The molecule has 0 radical (unpaired) electrons. The summed E-state index contributed by atoms with van der Waals surface area (Å²) in [5, 5.41) is 5.80. The standard InChI is InChI=1S/C81H94BN3S2/c1-45-34-51-53(74(7,8)30-28-72(51,3)4)40-60(45)83-62-36-47(85-59-25-21-20-24-50(59)80(18)26-22-23-27-81(80,85)19)37-63-69(62)82-67-48-38-57-55(42-64(48)86-70(67)83)77(13,14)44-66(78(57,15)16)79(17)33-32-76(11,12)56-43-65-49(39-58(56)79)68(82)71(87-65)84(63)61-41-54-52(35-46(61)2)73(5,6)29-31-75(54,9)10/h20-21,24-25,34-43,66H,22-23,26-33,44H2,1-19H3. The molecule has 4 aliphatic heterocycles. The Morgan fingerprint density at radius 3 is 1.38 bits per heavy atom. The Bertz CT molecular complexity index is 4420. The van der Waals surface area contributed by atoms with Crippen LogP contribution in [0.25, 0.3) is 20.2 Å². The van der Waals surface area contributed by atoms with Crippen LogP contribution in [-0.2, 0) is 48.7 Å². The van der Waals surface area contributed by atoms with Crippen molar-refractivity contribution in [3.63, 3.8) is 0 Å². The van der Waals surface area contributed by atoms with Crippen molar-refractivity contribution in [3.8, 4) is 0 Å². The fourth-order valence-electron chi connectivity index (χ4n) is 21.1. The first-order valence-electron chi connectivity index (χ1n) is 34.0. The predicted octanol–water partition coefficient (Wildman–Crippen LogP) is 21.2. The first-order valence-corrected chi connectivity index (χ1v) is 35.6. The molecule has 0 saturated heterocycles. The second-order valence-electron chi connectivity index (χ2n) is 35.2. The Morgan fingerprint density at radius 1 is 0.402 bits per heavy atom. The molecule has 6 aromatic carbocycles. The molecule has 1 saturated carbocycles. The van der Waals surface area contributed by atoms with Gasteiger partial charge in [-0.2, -0.15) is 0 Å². The third-order valence-electron chi connectivity index (χ3n) is 27.1. The van der Waals surface area contributed by atoms with Crippen LogP contribution in [0.2, 0.25) is 0 Å². The summed E-state index contributed by atoms with van der Waals surface area (Å²) >= 11 is 4.22. The predicted molar refractivity (Wildman–Crippen MR) is 378 cm³/mol. The molecular weight excluding hydrogens is 1090 g/mol. The lowest BCUT2D eigenvalue weighted by Crippen LogP contribution is -2.61. The van der Waals surface area contributed by atoms with Gasteiger partial charge in [-0.1, -0.05) is 154 Å². The van der Waals surface area contributed by atoms with Gasteiger partial charge in [-0.05, 0) is 271 Å². The van der Waals surface area contributed by atoms with Gasteiger partial charge in [0.25, 0.3) is 6.71 Å². The summed E-state index contributed by atoms with van der Waals surface area (Å²) in [4.78, 5) is 8.69. The molecular formula is C81H94BN3S2. The van der Waals surface area contributed by atoms with Crippen molar-refractivity contribution in [3.05, 3.63) is 146 Å². The largest absolute Gasteiger partial charge is 0.334 e. The van der Waals surface area contributed by atoms with E-state index in [4.69, 9.17) is 0 Å². The molecule has 0 amide bonds. The number of benzene rings is 6. The third-order valence-corrected chi connectivity index (χ3v) is 29.4. The van der Waals surface area contributed by atoms with Crippen molar-refractivity contribution in [2.45, 2.75) is 256 Å². The summed E-state index contributed by atoms with van der Waals surface area (Å²) in [6.45, 7) is 48.8. The highest BCUT2D eigenvalue weighted by Gasteiger charge is 2.60. The van der Waals surface area contributed by atoms with E-state index in [2.05, 4.69) is 254 Å². The van der Waals surface area contributed by atoms with Crippen molar-refractivity contribution < 1.29 is 0 Å². The molecule has 1 fully saturated rings. The highest BCUT2D eigenvalue weighted by atomic mass is 32.1. The molecule has 4 unspecified atom stereocenters. The zero-order chi connectivity index (χ0) is 61.0. The molecule has 4 atom stereocenters. The Morgan fingerprint density at radius 2 is 0.851 bits per heavy atom. The number of para-hydroxylation sites is 1. The van der Waals surface area contributed by atoms with Gasteiger partial charge in [0.2, 0.25) is 0 Å². The van der Waals surface area contributed by atoms with Crippen molar-refractivity contribution >= 4 is 110 Å². The summed E-state index contributed by atoms with van der Waals surface area (Å²) in [5.41, 5.74) is 29.5. The quantitative estimate of drug-likeness (QED) is 0.163. The van der Waals surface area contributed by atoms with E-state index >= 15 is 0 Å². The molecule has 87 heavy (non-hydrogen) atoms. The molecule has 6 heterocycles. The smallest absolute Gasteiger partial charge is 0.256 e. The Kier molecular flexibility index (Phi) is 10.8. The van der Waals surface area contributed by atoms with E-state index in [0.717, 1.165) is 6.42 Å². The molecule has 3 nitrogen and oxygen atoms in total. The van der Waals surface area contributed by atoms with Crippen LogP contribution in [0.4, 0.5) is 44.1 Å². The van der Waals surface area contributed by atoms with Gasteiger partial charge in [-0.25, -0.2) is 0 Å². The fourth-order valence-corrected chi connectivity index (χ4v) is 23.7. The first-order chi connectivity index (χ1) is 40.7. The summed E-state index contributed by atoms with van der Waals surface area (Å²) in [5.74, 6) is 0.454. The van der Waals surface area contributed by atoms with Crippen LogP contribution in [0.15, 0.2) is 84.9 Å². The maximum atomic E-state index is 2.90. The second kappa shape index (κ2) is 16.8. The van der Waals surface area contributed by atoms with Gasteiger partial charge in [0.05, 0.1) is 26.9 Å². The number of hydrogen-bond acceptors (Lipinski definition) is 5. The highest BCUT2D eigenvalue weighted by molar-refractivity contribution is 7.29. The molecule has 17 rings (SSSR count). The van der Waals surface area contributed by atoms with Gasteiger partial charge in [0.15, 0.2) is 0 Å². The molecule has 0 spiro atoms. The number of anilines is 8. The average molecular weight is 1180 g/mol. The van der Waals surface area contributed by atoms with Crippen molar-refractivity contribution in [2.24, 2.45) is 5.92 Å². The van der Waals surface area contributed by atoms with Crippen LogP contribution in [0.1, 0.15) is 250 Å². The highest BCUT2D eigenvalue weighted by Crippen LogP contribution is 2.66. The lowest BCUT2D eigenvalue weighted by Gasteiger charge is -2.57. The summed E-state index contributed by atoms with van der Waals surface area (Å²) in [6.07, 6.45) is 13.2. The molecule has 5 bridgehead atoms. The zero-order valence-electron chi connectivity index (χ0n) is 56.2. The van der Waals surface area contributed by atoms with Crippen LogP contribution in [0.3, 0.4) is 0 Å². The van der Waals surface area contributed by atoms with E-state index in [1.54, 1.807) is 22.3 Å². The van der Waals surface area contributed by atoms with E-state index < -0.39 is 0 Å². The number of fused-ring (bicyclic) bond motifs is 7. The third kappa shape index (κ3) is 6.87. The summed E-state index contributed by atoms with van der Waals surface area (Å²) < 4.78 is 2.90. The minimum absolute atomic E-state index is 0.000885. The monoisotopic (exact) mass is 1180 g/mol.